The highest BCUT2D eigenvalue weighted by molar-refractivity contribution is 7.07. The third kappa shape index (κ3) is 2.99. The summed E-state index contributed by atoms with van der Waals surface area (Å²) in [6.45, 7) is 0.320. The molecule has 0 aliphatic carbocycles. The fourth-order valence-electron chi connectivity index (χ4n) is 1.92. The molecule has 3 N–H and O–H groups in total. The first kappa shape index (κ1) is 15.7. The molecule has 0 spiro atoms. The molecule has 0 atom stereocenters. The molecular formula is C13H12ClF2N3OS. The van der Waals surface area contributed by atoms with E-state index in [0.717, 1.165) is 0 Å². The van der Waals surface area contributed by atoms with Crippen LogP contribution in [0.25, 0.3) is 10.9 Å². The molecule has 21 heavy (non-hydrogen) atoms. The standard InChI is InChI=1S/C13H11F2N3OS.ClH/c14-12-9-1-7(3-16)18-10(9)2-11(13(12)15)19-4-8-5-20-6-17-8;/h1-2,5-6,18H,3-4,16H2;1H. The molecule has 3 rings (SSSR count). The average molecular weight is 332 g/mol. The second-order valence-electron chi connectivity index (χ2n) is 4.23. The van der Waals surface area contributed by atoms with Crippen LogP contribution >= 0.6 is 23.7 Å². The Balaban J connectivity index is 0.00000161. The summed E-state index contributed by atoms with van der Waals surface area (Å²) in [7, 11) is 0. The smallest absolute Gasteiger partial charge is 0.201 e. The van der Waals surface area contributed by atoms with Gasteiger partial charge in [0.25, 0.3) is 0 Å². The van der Waals surface area contributed by atoms with Crippen molar-refractivity contribution in [2.24, 2.45) is 5.73 Å². The highest BCUT2D eigenvalue weighted by Crippen LogP contribution is 2.29. The molecule has 1 aromatic carbocycles. The zero-order chi connectivity index (χ0) is 14.1. The summed E-state index contributed by atoms with van der Waals surface area (Å²) in [5.41, 5.74) is 8.89. The summed E-state index contributed by atoms with van der Waals surface area (Å²) in [4.78, 5) is 6.94. The van der Waals surface area contributed by atoms with E-state index in [2.05, 4.69) is 9.97 Å². The summed E-state index contributed by atoms with van der Waals surface area (Å²) < 4.78 is 33.1. The van der Waals surface area contributed by atoms with Gasteiger partial charge in [-0.25, -0.2) is 9.37 Å². The van der Waals surface area contributed by atoms with E-state index in [4.69, 9.17) is 10.5 Å². The summed E-state index contributed by atoms with van der Waals surface area (Å²) in [5.74, 6) is -2.09. The molecule has 2 aromatic heterocycles. The maximum Gasteiger partial charge on any atom is 0.201 e. The highest BCUT2D eigenvalue weighted by Gasteiger charge is 2.16. The number of fused-ring (bicyclic) bond motifs is 1. The van der Waals surface area contributed by atoms with Gasteiger partial charge in [-0.1, -0.05) is 0 Å². The molecule has 0 saturated carbocycles. The van der Waals surface area contributed by atoms with Gasteiger partial charge in [0.2, 0.25) is 5.82 Å². The van der Waals surface area contributed by atoms with E-state index >= 15 is 0 Å². The molecule has 0 unspecified atom stereocenters. The number of nitrogens with zero attached hydrogens (tertiary/aromatic N) is 1. The molecule has 0 aliphatic rings. The van der Waals surface area contributed by atoms with Gasteiger partial charge in [-0.2, -0.15) is 4.39 Å². The minimum Gasteiger partial charge on any atom is -0.484 e. The normalized spacial score (nSPS) is 10.6. The first-order valence-corrected chi connectivity index (χ1v) is 6.83. The van der Waals surface area contributed by atoms with Crippen molar-refractivity contribution in [3.05, 3.63) is 46.0 Å². The monoisotopic (exact) mass is 331 g/mol. The zero-order valence-electron chi connectivity index (χ0n) is 10.7. The van der Waals surface area contributed by atoms with Crippen LogP contribution in [0.2, 0.25) is 0 Å². The second kappa shape index (κ2) is 6.38. The Labute approximate surface area is 129 Å². The first-order valence-electron chi connectivity index (χ1n) is 5.88. The summed E-state index contributed by atoms with van der Waals surface area (Å²) in [5, 5.41) is 1.96. The Morgan fingerprint density at radius 3 is 2.76 bits per heavy atom. The predicted molar refractivity (Wildman–Crippen MR) is 79.8 cm³/mol. The van der Waals surface area contributed by atoms with Gasteiger partial charge >= 0.3 is 0 Å². The van der Waals surface area contributed by atoms with Crippen LogP contribution in [0.15, 0.2) is 23.0 Å². The molecule has 0 aliphatic heterocycles. The molecule has 2 heterocycles. The van der Waals surface area contributed by atoms with Gasteiger partial charge in [-0.05, 0) is 6.07 Å². The lowest BCUT2D eigenvalue weighted by Gasteiger charge is -2.07. The van der Waals surface area contributed by atoms with E-state index in [1.54, 1.807) is 10.9 Å². The fraction of sp³-hybridized carbons (Fsp3) is 0.154. The first-order chi connectivity index (χ1) is 9.69. The number of aromatic amines is 1. The largest absolute Gasteiger partial charge is 0.484 e. The van der Waals surface area contributed by atoms with E-state index in [1.807, 2.05) is 0 Å². The number of hydrogen-bond donors (Lipinski definition) is 2. The van der Waals surface area contributed by atoms with Crippen LogP contribution in [0.1, 0.15) is 11.4 Å². The minimum atomic E-state index is -1.00. The Morgan fingerprint density at radius 1 is 1.29 bits per heavy atom. The van der Waals surface area contributed by atoms with E-state index in [-0.39, 0.29) is 36.7 Å². The number of nitrogens with one attached hydrogen (secondary N) is 1. The van der Waals surface area contributed by atoms with E-state index in [9.17, 15) is 8.78 Å². The lowest BCUT2D eigenvalue weighted by molar-refractivity contribution is 0.282. The third-order valence-corrected chi connectivity index (χ3v) is 3.54. The lowest BCUT2D eigenvalue weighted by atomic mass is 10.2. The van der Waals surface area contributed by atoms with Crippen LogP contribution in [0.5, 0.6) is 5.75 Å². The maximum atomic E-state index is 13.9. The van der Waals surface area contributed by atoms with Crippen LogP contribution in [-0.4, -0.2) is 9.97 Å². The third-order valence-electron chi connectivity index (χ3n) is 2.90. The van der Waals surface area contributed by atoms with E-state index in [1.165, 1.54) is 23.5 Å². The molecule has 0 radical (unpaired) electrons. The molecule has 0 amide bonds. The summed E-state index contributed by atoms with van der Waals surface area (Å²) >= 11 is 1.41. The number of benzene rings is 1. The molecule has 0 saturated heterocycles. The van der Waals surface area contributed by atoms with Crippen LogP contribution in [0.4, 0.5) is 8.78 Å². The molecule has 3 aromatic rings. The Kier molecular flexibility index (Phi) is 4.76. The highest BCUT2D eigenvalue weighted by atomic mass is 35.5. The van der Waals surface area contributed by atoms with Crippen LogP contribution < -0.4 is 10.5 Å². The number of hydrogen-bond acceptors (Lipinski definition) is 4. The molecule has 4 nitrogen and oxygen atoms in total. The summed E-state index contributed by atoms with van der Waals surface area (Å²) in [6, 6.07) is 2.93. The number of nitrogens with two attached hydrogens (primary N) is 1. The van der Waals surface area contributed by atoms with Crippen molar-refractivity contribution in [1.29, 1.82) is 0 Å². The van der Waals surface area contributed by atoms with E-state index < -0.39 is 11.6 Å². The van der Waals surface area contributed by atoms with Crippen molar-refractivity contribution < 1.29 is 13.5 Å². The van der Waals surface area contributed by atoms with Crippen molar-refractivity contribution in [2.45, 2.75) is 13.2 Å². The Morgan fingerprint density at radius 2 is 2.10 bits per heavy atom. The average Bonchev–Trinajstić information content (AvgIpc) is 3.10. The number of halogens is 3. The van der Waals surface area contributed by atoms with Gasteiger partial charge in [0.15, 0.2) is 11.6 Å². The van der Waals surface area contributed by atoms with Crippen molar-refractivity contribution >= 4 is 34.6 Å². The second-order valence-corrected chi connectivity index (χ2v) is 4.95. The van der Waals surface area contributed by atoms with Crippen molar-refractivity contribution in [2.75, 3.05) is 0 Å². The van der Waals surface area contributed by atoms with Crippen molar-refractivity contribution in [3.63, 3.8) is 0 Å². The van der Waals surface area contributed by atoms with Gasteiger partial charge in [0.05, 0.1) is 16.7 Å². The number of ether oxygens (including phenoxy) is 1. The molecular weight excluding hydrogens is 320 g/mol. The van der Waals surface area contributed by atoms with Crippen molar-refractivity contribution in [1.82, 2.24) is 9.97 Å². The zero-order valence-corrected chi connectivity index (χ0v) is 12.4. The van der Waals surface area contributed by atoms with E-state index in [0.29, 0.717) is 16.9 Å². The van der Waals surface area contributed by atoms with Gasteiger partial charge in [-0.15, -0.1) is 23.7 Å². The minimum absolute atomic E-state index is 0. The van der Waals surface area contributed by atoms with Crippen LogP contribution in [0.3, 0.4) is 0 Å². The SMILES string of the molecule is Cl.NCc1cc2c(F)c(F)c(OCc3cscn3)cc2[nH]1. The Hall–Kier alpha value is -1.70. The quantitative estimate of drug-likeness (QED) is 0.770. The van der Waals surface area contributed by atoms with Gasteiger partial charge in [0.1, 0.15) is 6.61 Å². The number of H-pyrrole nitrogens is 1. The Bertz CT molecular complexity index is 746. The van der Waals surface area contributed by atoms with Gasteiger partial charge < -0.3 is 15.5 Å². The van der Waals surface area contributed by atoms with Gasteiger partial charge in [-0.3, -0.25) is 0 Å². The number of rotatable bonds is 4. The molecule has 8 heteroatoms. The van der Waals surface area contributed by atoms with Crippen LogP contribution in [0, 0.1) is 11.6 Å². The molecule has 112 valence electrons. The number of aromatic nitrogens is 2. The molecule has 0 fully saturated rings. The predicted octanol–water partition coefficient (Wildman–Crippen LogP) is 3.36. The molecule has 0 bridgehead atoms. The summed E-state index contributed by atoms with van der Waals surface area (Å²) in [6.07, 6.45) is 0. The van der Waals surface area contributed by atoms with Crippen LogP contribution in [-0.2, 0) is 13.2 Å². The number of thiazole rings is 1. The maximum absolute atomic E-state index is 13.9. The topological polar surface area (TPSA) is 63.9 Å². The fourth-order valence-corrected chi connectivity index (χ4v) is 2.46. The van der Waals surface area contributed by atoms with Crippen molar-refractivity contribution in [3.8, 4) is 5.75 Å². The van der Waals surface area contributed by atoms with Gasteiger partial charge in [0, 0.05) is 29.1 Å². The lowest BCUT2D eigenvalue weighted by Crippen LogP contribution is -1.99.